The Kier molecular flexibility index (Phi) is 10.9. The maximum atomic E-state index is 11.6. The number of benzene rings is 3. The van der Waals surface area contributed by atoms with E-state index < -0.39 is 23.9 Å². The zero-order valence-electron chi connectivity index (χ0n) is 22.5. The summed E-state index contributed by atoms with van der Waals surface area (Å²) < 4.78 is 9.25. The summed E-state index contributed by atoms with van der Waals surface area (Å²) in [6, 6.07) is 15.7. The maximum Gasteiger partial charge on any atom is 0.413 e. The molecule has 0 unspecified atom stereocenters. The van der Waals surface area contributed by atoms with Gasteiger partial charge in [-0.2, -0.15) is 5.26 Å². The second-order valence-corrected chi connectivity index (χ2v) is 8.07. The maximum absolute atomic E-state index is 11.6. The van der Waals surface area contributed by atoms with Crippen LogP contribution in [0.3, 0.4) is 0 Å². The van der Waals surface area contributed by atoms with Crippen LogP contribution in [0.1, 0.15) is 21.5 Å². The van der Waals surface area contributed by atoms with Crippen molar-refractivity contribution in [3.63, 3.8) is 0 Å². The van der Waals surface area contributed by atoms with Crippen LogP contribution >= 0.6 is 0 Å². The van der Waals surface area contributed by atoms with Crippen molar-refractivity contribution in [1.82, 2.24) is 0 Å². The van der Waals surface area contributed by atoms with Crippen LogP contribution in [0.25, 0.3) is 11.1 Å². The largest absolute Gasteiger partial charge is 0.507 e. The molecule has 3 aromatic carbocycles. The van der Waals surface area contributed by atoms with Crippen molar-refractivity contribution in [3.8, 4) is 22.9 Å². The van der Waals surface area contributed by atoms with Crippen molar-refractivity contribution in [2.24, 2.45) is 0 Å². The number of hydrogen-bond donors (Lipinski definition) is 5. The lowest BCUT2D eigenvalue weighted by molar-refractivity contribution is -0.102. The number of aldehydes is 1. The van der Waals surface area contributed by atoms with Crippen molar-refractivity contribution in [1.29, 1.82) is 10.7 Å². The number of methoxy groups -OCH3 is 2. The minimum absolute atomic E-state index is 0.0103. The second kappa shape index (κ2) is 14.3. The summed E-state index contributed by atoms with van der Waals surface area (Å²) >= 11 is 0. The molecule has 0 heterocycles. The molecule has 0 aromatic heterocycles. The molecular weight excluding hydrogens is 534 g/mol. The van der Waals surface area contributed by atoms with Crippen molar-refractivity contribution in [2.45, 2.75) is 0 Å². The van der Waals surface area contributed by atoms with Gasteiger partial charge in [0.05, 0.1) is 37.1 Å². The Hall–Kier alpha value is -5.90. The lowest BCUT2D eigenvalue weighted by atomic mass is 9.98. The summed E-state index contributed by atoms with van der Waals surface area (Å²) in [5, 5.41) is 40.3. The number of carbonyl (C=O) groups is 4. The zero-order valence-corrected chi connectivity index (χ0v) is 22.5. The molecule has 3 rings (SSSR count). The van der Waals surface area contributed by atoms with Crippen molar-refractivity contribution >= 4 is 47.2 Å². The van der Waals surface area contributed by atoms with E-state index in [1.165, 1.54) is 37.3 Å². The predicted octanol–water partition coefficient (Wildman–Crippen LogP) is 4.31. The minimum atomic E-state index is -1.04. The van der Waals surface area contributed by atoms with E-state index in [9.17, 15) is 24.3 Å². The molecule has 0 aliphatic heterocycles. The Morgan fingerprint density at radius 1 is 1.00 bits per heavy atom. The number of aromatic carboxylic acids is 1. The summed E-state index contributed by atoms with van der Waals surface area (Å²) in [7, 11) is 5.66. The van der Waals surface area contributed by atoms with Crippen LogP contribution in [0, 0.1) is 16.7 Å². The van der Waals surface area contributed by atoms with Crippen LogP contribution in [0.15, 0.2) is 54.6 Å². The lowest BCUT2D eigenvalue weighted by Gasteiger charge is -2.17. The summed E-state index contributed by atoms with van der Waals surface area (Å²) in [4.78, 5) is 46.2. The van der Waals surface area contributed by atoms with Crippen LogP contribution in [0.2, 0.25) is 0 Å². The number of carboxylic acid groups (broad SMARTS) is 1. The molecule has 13 heteroatoms. The van der Waals surface area contributed by atoms with Crippen molar-refractivity contribution < 1.29 is 38.9 Å². The third-order valence-corrected chi connectivity index (χ3v) is 5.63. The number of ether oxygens (including phenoxy) is 2. The number of nitrogens with zero attached hydrogens (tertiary/aromatic N) is 2. The molecule has 0 saturated carbocycles. The minimum Gasteiger partial charge on any atom is -0.507 e. The van der Waals surface area contributed by atoms with Gasteiger partial charge in [-0.05, 0) is 42.0 Å². The number of hydrogen-bond acceptors (Lipinski definition) is 10. The monoisotopic (exact) mass is 561 g/mol. The number of carbonyl (C=O) groups excluding carboxylic acids is 3. The predicted molar refractivity (Wildman–Crippen MR) is 151 cm³/mol. The molecule has 3 aromatic rings. The van der Waals surface area contributed by atoms with Crippen LogP contribution in [-0.4, -0.2) is 68.7 Å². The molecule has 0 atom stereocenters. The molecule has 13 nitrogen and oxygen atoms in total. The number of rotatable bonds is 7. The fourth-order valence-corrected chi connectivity index (χ4v) is 3.49. The Morgan fingerprint density at radius 3 is 2.17 bits per heavy atom. The first-order valence-electron chi connectivity index (χ1n) is 11.6. The summed E-state index contributed by atoms with van der Waals surface area (Å²) in [5.74, 6) is -1.38. The first-order valence-corrected chi connectivity index (χ1v) is 11.6. The third kappa shape index (κ3) is 7.80. The lowest BCUT2D eigenvalue weighted by Crippen LogP contribution is -2.25. The molecule has 41 heavy (non-hydrogen) atoms. The smallest absolute Gasteiger partial charge is 0.413 e. The molecule has 0 fully saturated rings. The zero-order chi connectivity index (χ0) is 30.7. The molecule has 212 valence electrons. The molecule has 5 N–H and O–H groups in total. The quantitative estimate of drug-likeness (QED) is 0.204. The van der Waals surface area contributed by atoms with Crippen molar-refractivity contribution in [2.75, 3.05) is 43.8 Å². The highest BCUT2D eigenvalue weighted by Crippen LogP contribution is 2.35. The van der Waals surface area contributed by atoms with Gasteiger partial charge in [-0.3, -0.25) is 20.4 Å². The topological polar surface area (TPSA) is 202 Å². The van der Waals surface area contributed by atoms with E-state index in [4.69, 9.17) is 15.8 Å². The van der Waals surface area contributed by atoms with Gasteiger partial charge in [-0.15, -0.1) is 0 Å². The van der Waals surface area contributed by atoms with Gasteiger partial charge in [0.25, 0.3) is 0 Å². The van der Waals surface area contributed by atoms with Crippen LogP contribution < -0.4 is 15.5 Å². The number of nitriles is 1. The van der Waals surface area contributed by atoms with E-state index in [-0.39, 0.29) is 22.6 Å². The number of anilines is 3. The average Bonchev–Trinajstić information content (AvgIpc) is 2.99. The van der Waals surface area contributed by atoms with Gasteiger partial charge < -0.3 is 25.0 Å². The van der Waals surface area contributed by atoms with Crippen LogP contribution in [-0.2, 0) is 14.3 Å². The van der Waals surface area contributed by atoms with Gasteiger partial charge in [0.1, 0.15) is 11.5 Å². The summed E-state index contributed by atoms with van der Waals surface area (Å²) in [6.45, 7) is 0. The first-order chi connectivity index (χ1) is 19.5. The third-order valence-electron chi connectivity index (χ3n) is 5.63. The van der Waals surface area contributed by atoms with Gasteiger partial charge in [0, 0.05) is 42.7 Å². The van der Waals surface area contributed by atoms with Gasteiger partial charge in [0.2, 0.25) is 0 Å². The Labute approximate surface area is 235 Å². The molecule has 0 aliphatic rings. The summed E-state index contributed by atoms with van der Waals surface area (Å²) in [5.41, 5.74) is 2.40. The second-order valence-electron chi connectivity index (χ2n) is 8.07. The van der Waals surface area contributed by atoms with Gasteiger partial charge in [-0.25, -0.2) is 14.4 Å². The highest BCUT2D eigenvalue weighted by atomic mass is 16.5. The molecule has 0 spiro atoms. The molecule has 0 saturated heterocycles. The normalized spacial score (nSPS) is 9.63. The molecule has 0 aliphatic carbocycles. The fraction of sp³-hybridized carbons (Fsp3) is 0.143. The Bertz CT molecular complexity index is 1510. The van der Waals surface area contributed by atoms with Gasteiger partial charge in [0.15, 0.2) is 6.29 Å². The fourth-order valence-electron chi connectivity index (χ4n) is 3.49. The first kappa shape index (κ1) is 31.3. The summed E-state index contributed by atoms with van der Waals surface area (Å²) in [6.07, 6.45) is -0.978. The number of phenolic OH excluding ortho intramolecular Hbond substituents is 1. The van der Waals surface area contributed by atoms with E-state index in [2.05, 4.69) is 20.1 Å². The molecule has 2 amide bonds. The van der Waals surface area contributed by atoms with Gasteiger partial charge >= 0.3 is 18.2 Å². The Morgan fingerprint density at radius 2 is 1.66 bits per heavy atom. The van der Waals surface area contributed by atoms with E-state index in [0.29, 0.717) is 34.4 Å². The van der Waals surface area contributed by atoms with E-state index in [1.54, 1.807) is 50.5 Å². The Balaban J connectivity index is 0.000000377. The standard InChI is InChI=1S/C19H19N3O6.C9H8N2O2/c1-22(19(26)28-3)12-6-4-11(5-7-12)13-8-14(15(20)10-23)17(24)9-16(13)21-18(25)27-2;1-11-8-3-2-6(5-10)4-7(8)9(12)13/h4-10,20,24H,1-3H3,(H,21,25);2-4,11H,1H3,(H,12,13). The van der Waals surface area contributed by atoms with Crippen molar-refractivity contribution in [3.05, 3.63) is 71.3 Å². The van der Waals surface area contributed by atoms with Gasteiger partial charge in [-0.1, -0.05) is 12.1 Å². The van der Waals surface area contributed by atoms with Crippen LogP contribution in [0.5, 0.6) is 5.75 Å². The number of amides is 2. The van der Waals surface area contributed by atoms with E-state index >= 15 is 0 Å². The number of carboxylic acids is 1. The number of phenols is 1. The number of nitrogens with one attached hydrogen (secondary N) is 3. The number of aromatic hydroxyl groups is 1. The average molecular weight is 562 g/mol. The highest BCUT2D eigenvalue weighted by Gasteiger charge is 2.17. The van der Waals surface area contributed by atoms with Crippen LogP contribution in [0.4, 0.5) is 26.7 Å². The van der Waals surface area contributed by atoms with E-state index in [0.717, 1.165) is 0 Å². The highest BCUT2D eigenvalue weighted by molar-refractivity contribution is 6.35. The molecule has 0 bridgehead atoms. The molecular formula is C28H27N5O8. The molecule has 0 radical (unpaired) electrons. The van der Waals surface area contributed by atoms with E-state index in [1.807, 2.05) is 6.07 Å². The SMILES string of the molecule is CNc1ccc(C#N)cc1C(=O)O.COC(=O)Nc1cc(O)c(C(=N)C=O)cc1-c1ccc(N(C)C(=O)OC)cc1.